The first-order valence-corrected chi connectivity index (χ1v) is 10.6. The van der Waals surface area contributed by atoms with Crippen molar-refractivity contribution in [3.05, 3.63) is 102 Å². The molecular formula is C26H28N2O2. The molecule has 1 heterocycles. The molecular weight excluding hydrogens is 372 g/mol. The van der Waals surface area contributed by atoms with Crippen LogP contribution in [0.25, 0.3) is 0 Å². The number of hydrogen-bond acceptors (Lipinski definition) is 3. The topological polar surface area (TPSA) is 32.8 Å². The summed E-state index contributed by atoms with van der Waals surface area (Å²) in [4.78, 5) is 16.8. The van der Waals surface area contributed by atoms with Crippen LogP contribution in [-0.4, -0.2) is 48.5 Å². The van der Waals surface area contributed by atoms with Crippen LogP contribution in [0.5, 0.6) is 5.75 Å². The van der Waals surface area contributed by atoms with Gasteiger partial charge in [-0.05, 0) is 35.2 Å². The zero-order valence-electron chi connectivity index (χ0n) is 17.2. The zero-order valence-corrected chi connectivity index (χ0v) is 17.2. The first kappa shape index (κ1) is 20.2. The summed E-state index contributed by atoms with van der Waals surface area (Å²) < 4.78 is 5.74. The van der Waals surface area contributed by atoms with Gasteiger partial charge in [0.15, 0.2) is 6.61 Å². The summed E-state index contributed by atoms with van der Waals surface area (Å²) in [5, 5.41) is 0. The standard InChI is InChI=1S/C26H28N2O2/c29-26(28-17-15-27(16-18-28)20-24-9-5-2-6-10-24)21-30-25-13-11-23(12-14-25)19-22-7-3-1-4-8-22/h1-14H,15-21H2. The number of amides is 1. The third-order valence-corrected chi connectivity index (χ3v) is 5.51. The van der Waals surface area contributed by atoms with Crippen LogP contribution < -0.4 is 4.74 Å². The number of nitrogens with zero attached hydrogens (tertiary/aromatic N) is 2. The number of hydrogen-bond donors (Lipinski definition) is 0. The maximum absolute atomic E-state index is 12.5. The Morgan fingerprint density at radius 3 is 1.90 bits per heavy atom. The summed E-state index contributed by atoms with van der Waals surface area (Å²) in [6.07, 6.45) is 0.896. The lowest BCUT2D eigenvalue weighted by atomic mass is 10.1. The number of piperazine rings is 1. The number of carbonyl (C=O) groups excluding carboxylic acids is 1. The van der Waals surface area contributed by atoms with Gasteiger partial charge in [-0.25, -0.2) is 0 Å². The summed E-state index contributed by atoms with van der Waals surface area (Å²) in [5.41, 5.74) is 3.83. The van der Waals surface area contributed by atoms with E-state index in [0.29, 0.717) is 0 Å². The second kappa shape index (κ2) is 10.1. The van der Waals surface area contributed by atoms with E-state index < -0.39 is 0 Å². The van der Waals surface area contributed by atoms with E-state index in [4.69, 9.17) is 4.74 Å². The Bertz CT molecular complexity index is 918. The second-order valence-corrected chi connectivity index (χ2v) is 7.74. The highest BCUT2D eigenvalue weighted by atomic mass is 16.5. The summed E-state index contributed by atoms with van der Waals surface area (Å²) in [7, 11) is 0. The van der Waals surface area contributed by atoms with Crippen LogP contribution in [-0.2, 0) is 17.8 Å². The van der Waals surface area contributed by atoms with E-state index in [1.54, 1.807) is 0 Å². The summed E-state index contributed by atoms with van der Waals surface area (Å²) in [6.45, 7) is 4.34. The van der Waals surface area contributed by atoms with E-state index in [1.807, 2.05) is 29.2 Å². The molecule has 1 aliphatic rings. The van der Waals surface area contributed by atoms with Gasteiger partial charge < -0.3 is 9.64 Å². The first-order chi connectivity index (χ1) is 14.8. The molecule has 0 aromatic heterocycles. The van der Waals surface area contributed by atoms with Gasteiger partial charge in [-0.15, -0.1) is 0 Å². The normalized spacial score (nSPS) is 14.5. The van der Waals surface area contributed by atoms with E-state index in [2.05, 4.69) is 65.6 Å². The number of ether oxygens (including phenoxy) is 1. The third kappa shape index (κ3) is 5.71. The molecule has 3 aromatic carbocycles. The summed E-state index contributed by atoms with van der Waals surface area (Å²) >= 11 is 0. The number of rotatable bonds is 7. The van der Waals surface area contributed by atoms with Gasteiger partial charge in [0.25, 0.3) is 5.91 Å². The minimum absolute atomic E-state index is 0.0581. The Morgan fingerprint density at radius 2 is 1.27 bits per heavy atom. The van der Waals surface area contributed by atoms with Crippen LogP contribution in [0.3, 0.4) is 0 Å². The molecule has 0 unspecified atom stereocenters. The van der Waals surface area contributed by atoms with E-state index in [-0.39, 0.29) is 12.5 Å². The molecule has 0 saturated carbocycles. The Hall–Kier alpha value is -3.11. The van der Waals surface area contributed by atoms with Crippen molar-refractivity contribution in [1.82, 2.24) is 9.80 Å². The van der Waals surface area contributed by atoms with Gasteiger partial charge in [-0.3, -0.25) is 9.69 Å². The lowest BCUT2D eigenvalue weighted by molar-refractivity contribution is -0.135. The molecule has 1 amide bonds. The molecule has 0 spiro atoms. The molecule has 3 aromatic rings. The Labute approximate surface area is 178 Å². The minimum atomic E-state index is 0.0581. The summed E-state index contributed by atoms with van der Waals surface area (Å²) in [6, 6.07) is 28.9. The SMILES string of the molecule is O=C(COc1ccc(Cc2ccccc2)cc1)N1CCN(Cc2ccccc2)CC1. The van der Waals surface area contributed by atoms with Gasteiger partial charge in [0, 0.05) is 32.7 Å². The third-order valence-electron chi connectivity index (χ3n) is 5.51. The van der Waals surface area contributed by atoms with Crippen molar-refractivity contribution in [1.29, 1.82) is 0 Å². The largest absolute Gasteiger partial charge is 0.484 e. The highest BCUT2D eigenvalue weighted by Crippen LogP contribution is 2.16. The fourth-order valence-corrected chi connectivity index (χ4v) is 3.77. The second-order valence-electron chi connectivity index (χ2n) is 7.74. The molecule has 30 heavy (non-hydrogen) atoms. The van der Waals surface area contributed by atoms with Crippen LogP contribution in [0.15, 0.2) is 84.9 Å². The maximum atomic E-state index is 12.5. The highest BCUT2D eigenvalue weighted by Gasteiger charge is 2.21. The molecule has 0 N–H and O–H groups in total. The average molecular weight is 401 g/mol. The zero-order chi connectivity index (χ0) is 20.6. The fourth-order valence-electron chi connectivity index (χ4n) is 3.77. The van der Waals surface area contributed by atoms with Crippen LogP contribution in [0, 0.1) is 0 Å². The van der Waals surface area contributed by atoms with Crippen molar-refractivity contribution in [2.24, 2.45) is 0 Å². The first-order valence-electron chi connectivity index (χ1n) is 10.6. The van der Waals surface area contributed by atoms with Crippen LogP contribution in [0.2, 0.25) is 0 Å². The Balaban J connectivity index is 1.20. The van der Waals surface area contributed by atoms with E-state index in [9.17, 15) is 4.79 Å². The molecule has 1 aliphatic heterocycles. The molecule has 4 nitrogen and oxygen atoms in total. The van der Waals surface area contributed by atoms with Gasteiger partial charge >= 0.3 is 0 Å². The predicted octanol–water partition coefficient (Wildman–Crippen LogP) is 4.00. The lowest BCUT2D eigenvalue weighted by Gasteiger charge is -2.34. The lowest BCUT2D eigenvalue weighted by Crippen LogP contribution is -2.49. The minimum Gasteiger partial charge on any atom is -0.484 e. The highest BCUT2D eigenvalue weighted by molar-refractivity contribution is 5.77. The number of benzene rings is 3. The predicted molar refractivity (Wildman–Crippen MR) is 119 cm³/mol. The van der Waals surface area contributed by atoms with Crippen LogP contribution in [0.1, 0.15) is 16.7 Å². The number of carbonyl (C=O) groups is 1. The van der Waals surface area contributed by atoms with Crippen molar-refractivity contribution < 1.29 is 9.53 Å². The van der Waals surface area contributed by atoms with Crippen molar-refractivity contribution in [3.8, 4) is 5.75 Å². The molecule has 1 fully saturated rings. The molecule has 154 valence electrons. The molecule has 0 atom stereocenters. The van der Waals surface area contributed by atoms with Crippen molar-refractivity contribution in [2.45, 2.75) is 13.0 Å². The van der Waals surface area contributed by atoms with Gasteiger partial charge in [0.05, 0.1) is 0 Å². The van der Waals surface area contributed by atoms with Crippen molar-refractivity contribution in [3.63, 3.8) is 0 Å². The van der Waals surface area contributed by atoms with Crippen molar-refractivity contribution >= 4 is 5.91 Å². The van der Waals surface area contributed by atoms with Crippen LogP contribution >= 0.6 is 0 Å². The van der Waals surface area contributed by atoms with E-state index in [0.717, 1.165) is 44.9 Å². The van der Waals surface area contributed by atoms with E-state index >= 15 is 0 Å². The molecule has 1 saturated heterocycles. The Kier molecular flexibility index (Phi) is 6.78. The van der Waals surface area contributed by atoms with Gasteiger partial charge in [-0.2, -0.15) is 0 Å². The fraction of sp³-hybridized carbons (Fsp3) is 0.269. The van der Waals surface area contributed by atoms with Crippen LogP contribution in [0.4, 0.5) is 0 Å². The monoisotopic (exact) mass is 400 g/mol. The van der Waals surface area contributed by atoms with Crippen molar-refractivity contribution in [2.75, 3.05) is 32.8 Å². The molecule has 0 aliphatic carbocycles. The summed E-state index contributed by atoms with van der Waals surface area (Å²) in [5.74, 6) is 0.797. The molecule has 0 bridgehead atoms. The van der Waals surface area contributed by atoms with Gasteiger partial charge in [0.1, 0.15) is 5.75 Å². The molecule has 0 radical (unpaired) electrons. The molecule has 4 rings (SSSR count). The van der Waals surface area contributed by atoms with E-state index in [1.165, 1.54) is 16.7 Å². The Morgan fingerprint density at radius 1 is 0.700 bits per heavy atom. The maximum Gasteiger partial charge on any atom is 0.260 e. The smallest absolute Gasteiger partial charge is 0.260 e. The van der Waals surface area contributed by atoms with Gasteiger partial charge in [0.2, 0.25) is 0 Å². The molecule has 4 heteroatoms. The average Bonchev–Trinajstić information content (AvgIpc) is 2.80. The van der Waals surface area contributed by atoms with Gasteiger partial charge in [-0.1, -0.05) is 72.8 Å². The quantitative estimate of drug-likeness (QED) is 0.601.